The number of nitrogens with two attached hydrogens (primary N) is 1. The quantitative estimate of drug-likeness (QED) is 0.838. The predicted octanol–water partition coefficient (Wildman–Crippen LogP) is 3.38. The number of nitrogen functional groups attached to an aromatic ring is 1. The van der Waals surface area contributed by atoms with Crippen molar-refractivity contribution < 1.29 is 4.79 Å². The van der Waals surface area contributed by atoms with E-state index in [0.29, 0.717) is 11.3 Å². The second-order valence-corrected chi connectivity index (χ2v) is 5.18. The molecule has 1 unspecified atom stereocenters. The van der Waals surface area contributed by atoms with Gasteiger partial charge in [-0.25, -0.2) is 0 Å². The molecule has 0 fully saturated rings. The molecule has 2 aromatic carbocycles. The van der Waals surface area contributed by atoms with Crippen LogP contribution in [-0.4, -0.2) is 5.91 Å². The van der Waals surface area contributed by atoms with Crippen LogP contribution in [0.2, 0.25) is 0 Å². The standard InChI is InChI=1S/C17H20N2O/c1-11-7-8-16(12(2)9-11)13(3)19-17(20)14-5-4-6-15(18)10-14/h4-10,13H,18H2,1-3H3,(H,19,20). The van der Waals surface area contributed by atoms with Gasteiger partial charge in [0.25, 0.3) is 5.91 Å². The molecule has 3 nitrogen and oxygen atoms in total. The van der Waals surface area contributed by atoms with Gasteiger partial charge in [0, 0.05) is 11.3 Å². The number of anilines is 1. The zero-order valence-corrected chi connectivity index (χ0v) is 12.1. The van der Waals surface area contributed by atoms with E-state index in [1.165, 1.54) is 11.1 Å². The van der Waals surface area contributed by atoms with E-state index in [-0.39, 0.29) is 11.9 Å². The molecule has 3 N–H and O–H groups in total. The minimum absolute atomic E-state index is 0.0375. The van der Waals surface area contributed by atoms with E-state index in [1.54, 1.807) is 24.3 Å². The fourth-order valence-corrected chi connectivity index (χ4v) is 2.35. The average Bonchev–Trinajstić information content (AvgIpc) is 2.38. The zero-order chi connectivity index (χ0) is 14.7. The molecule has 104 valence electrons. The van der Waals surface area contributed by atoms with Gasteiger partial charge in [-0.2, -0.15) is 0 Å². The van der Waals surface area contributed by atoms with Crippen LogP contribution in [0.25, 0.3) is 0 Å². The van der Waals surface area contributed by atoms with Crippen molar-refractivity contribution in [2.24, 2.45) is 0 Å². The number of benzene rings is 2. The van der Waals surface area contributed by atoms with Crippen LogP contribution in [0.5, 0.6) is 0 Å². The summed E-state index contributed by atoms with van der Waals surface area (Å²) in [7, 11) is 0. The Kier molecular flexibility index (Phi) is 4.08. The number of rotatable bonds is 3. The molecule has 0 saturated heterocycles. The number of carbonyl (C=O) groups excluding carboxylic acids is 1. The Morgan fingerprint density at radius 3 is 2.55 bits per heavy atom. The number of hydrogen-bond acceptors (Lipinski definition) is 2. The van der Waals surface area contributed by atoms with Gasteiger partial charge in [-0.1, -0.05) is 29.8 Å². The number of hydrogen-bond donors (Lipinski definition) is 2. The van der Waals surface area contributed by atoms with E-state index < -0.39 is 0 Å². The van der Waals surface area contributed by atoms with Gasteiger partial charge in [0.2, 0.25) is 0 Å². The van der Waals surface area contributed by atoms with Gasteiger partial charge in [0.15, 0.2) is 0 Å². The Morgan fingerprint density at radius 1 is 1.15 bits per heavy atom. The Hall–Kier alpha value is -2.29. The molecule has 2 aromatic rings. The number of carbonyl (C=O) groups is 1. The first-order valence-corrected chi connectivity index (χ1v) is 6.71. The van der Waals surface area contributed by atoms with Gasteiger partial charge in [-0.05, 0) is 50.1 Å². The third-order valence-corrected chi connectivity index (χ3v) is 3.39. The largest absolute Gasteiger partial charge is 0.399 e. The lowest BCUT2D eigenvalue weighted by Gasteiger charge is -2.17. The summed E-state index contributed by atoms with van der Waals surface area (Å²) in [5.74, 6) is -0.107. The summed E-state index contributed by atoms with van der Waals surface area (Å²) in [6.07, 6.45) is 0. The Morgan fingerprint density at radius 2 is 1.90 bits per heavy atom. The van der Waals surface area contributed by atoms with Gasteiger partial charge in [0.05, 0.1) is 6.04 Å². The van der Waals surface area contributed by atoms with Crippen molar-refractivity contribution in [1.82, 2.24) is 5.32 Å². The minimum Gasteiger partial charge on any atom is -0.399 e. The first kappa shape index (κ1) is 14.1. The lowest BCUT2D eigenvalue weighted by molar-refractivity contribution is 0.0940. The molecule has 0 heterocycles. The van der Waals surface area contributed by atoms with Crippen LogP contribution in [0.3, 0.4) is 0 Å². The first-order valence-electron chi connectivity index (χ1n) is 6.71. The second kappa shape index (κ2) is 5.78. The molecule has 20 heavy (non-hydrogen) atoms. The Balaban J connectivity index is 2.15. The van der Waals surface area contributed by atoms with Crippen molar-refractivity contribution in [3.05, 3.63) is 64.7 Å². The summed E-state index contributed by atoms with van der Waals surface area (Å²) in [4.78, 5) is 12.2. The lowest BCUT2D eigenvalue weighted by Crippen LogP contribution is -2.27. The summed E-state index contributed by atoms with van der Waals surface area (Å²) in [5.41, 5.74) is 10.4. The van der Waals surface area contributed by atoms with E-state index in [4.69, 9.17) is 5.73 Å². The molecule has 0 aliphatic rings. The third-order valence-electron chi connectivity index (χ3n) is 3.39. The fraction of sp³-hybridized carbons (Fsp3) is 0.235. The van der Waals surface area contributed by atoms with E-state index in [9.17, 15) is 4.79 Å². The van der Waals surface area contributed by atoms with Crippen LogP contribution < -0.4 is 11.1 Å². The van der Waals surface area contributed by atoms with Crippen LogP contribution in [0.4, 0.5) is 5.69 Å². The minimum atomic E-state index is -0.107. The van der Waals surface area contributed by atoms with Gasteiger partial charge in [-0.3, -0.25) is 4.79 Å². The number of aryl methyl sites for hydroxylation is 2. The van der Waals surface area contributed by atoms with Crippen LogP contribution in [0.1, 0.15) is 40.0 Å². The predicted molar refractivity (Wildman–Crippen MR) is 82.7 cm³/mol. The number of amides is 1. The maximum atomic E-state index is 12.2. The highest BCUT2D eigenvalue weighted by Crippen LogP contribution is 2.19. The smallest absolute Gasteiger partial charge is 0.251 e. The topological polar surface area (TPSA) is 55.1 Å². The molecule has 3 heteroatoms. The van der Waals surface area contributed by atoms with Crippen molar-refractivity contribution in [3.8, 4) is 0 Å². The van der Waals surface area contributed by atoms with Gasteiger partial charge < -0.3 is 11.1 Å². The molecule has 0 aliphatic heterocycles. The molecular formula is C17H20N2O. The highest BCUT2D eigenvalue weighted by molar-refractivity contribution is 5.95. The maximum Gasteiger partial charge on any atom is 0.251 e. The van der Waals surface area contributed by atoms with Gasteiger partial charge >= 0.3 is 0 Å². The molecule has 0 bridgehead atoms. The van der Waals surface area contributed by atoms with E-state index in [0.717, 1.165) is 5.56 Å². The van der Waals surface area contributed by atoms with Crippen LogP contribution in [0.15, 0.2) is 42.5 Å². The molecule has 1 atom stereocenters. The Labute approximate surface area is 119 Å². The van der Waals surface area contributed by atoms with Crippen molar-refractivity contribution in [1.29, 1.82) is 0 Å². The van der Waals surface area contributed by atoms with Crippen LogP contribution in [0, 0.1) is 13.8 Å². The summed E-state index contributed by atoms with van der Waals surface area (Å²) in [6, 6.07) is 13.2. The summed E-state index contributed by atoms with van der Waals surface area (Å²) < 4.78 is 0. The molecule has 0 saturated carbocycles. The molecule has 0 radical (unpaired) electrons. The highest BCUT2D eigenvalue weighted by Gasteiger charge is 2.13. The van der Waals surface area contributed by atoms with Crippen molar-refractivity contribution >= 4 is 11.6 Å². The van der Waals surface area contributed by atoms with Crippen molar-refractivity contribution in [2.45, 2.75) is 26.8 Å². The van der Waals surface area contributed by atoms with Crippen molar-refractivity contribution in [3.63, 3.8) is 0 Å². The average molecular weight is 268 g/mol. The normalized spacial score (nSPS) is 11.9. The van der Waals surface area contributed by atoms with Gasteiger partial charge in [-0.15, -0.1) is 0 Å². The third kappa shape index (κ3) is 3.18. The van der Waals surface area contributed by atoms with Crippen LogP contribution >= 0.6 is 0 Å². The molecule has 0 aromatic heterocycles. The highest BCUT2D eigenvalue weighted by atomic mass is 16.1. The lowest BCUT2D eigenvalue weighted by atomic mass is 10.00. The monoisotopic (exact) mass is 268 g/mol. The molecule has 0 aliphatic carbocycles. The van der Waals surface area contributed by atoms with E-state index >= 15 is 0 Å². The zero-order valence-electron chi connectivity index (χ0n) is 12.1. The molecule has 1 amide bonds. The summed E-state index contributed by atoms with van der Waals surface area (Å²) in [5, 5.41) is 3.01. The van der Waals surface area contributed by atoms with Gasteiger partial charge in [0.1, 0.15) is 0 Å². The first-order chi connectivity index (χ1) is 9.47. The second-order valence-electron chi connectivity index (χ2n) is 5.18. The molecule has 2 rings (SSSR count). The van der Waals surface area contributed by atoms with Crippen molar-refractivity contribution in [2.75, 3.05) is 5.73 Å². The SMILES string of the molecule is Cc1ccc(C(C)NC(=O)c2cccc(N)c2)c(C)c1. The maximum absolute atomic E-state index is 12.2. The summed E-state index contributed by atoms with van der Waals surface area (Å²) >= 11 is 0. The van der Waals surface area contributed by atoms with E-state index in [2.05, 4.69) is 37.4 Å². The fourth-order valence-electron chi connectivity index (χ4n) is 2.35. The van der Waals surface area contributed by atoms with Crippen LogP contribution in [-0.2, 0) is 0 Å². The van der Waals surface area contributed by atoms with E-state index in [1.807, 2.05) is 6.92 Å². The molecular weight excluding hydrogens is 248 g/mol. The summed E-state index contributed by atoms with van der Waals surface area (Å²) in [6.45, 7) is 6.11. The number of nitrogens with one attached hydrogen (secondary N) is 1. The Bertz CT molecular complexity index is 635. The molecule has 0 spiro atoms.